The number of nitrogens with zero attached hydrogens (tertiary/aromatic N) is 2. The molecule has 0 radical (unpaired) electrons. The summed E-state index contributed by atoms with van der Waals surface area (Å²) in [5, 5.41) is 2.44. The summed E-state index contributed by atoms with van der Waals surface area (Å²) in [5.74, 6) is 1.63. The van der Waals surface area contributed by atoms with E-state index in [4.69, 9.17) is 15.1 Å². The van der Waals surface area contributed by atoms with Gasteiger partial charge in [-0.2, -0.15) is 0 Å². The molecule has 0 saturated carbocycles. The Morgan fingerprint density at radius 3 is 2.84 bits per heavy atom. The molecule has 4 nitrogen and oxygen atoms in total. The van der Waals surface area contributed by atoms with Crippen LogP contribution in [0.4, 0.5) is 0 Å². The van der Waals surface area contributed by atoms with E-state index in [9.17, 15) is 0 Å². The molecular formula is C21H25N3O. The van der Waals surface area contributed by atoms with Crippen molar-refractivity contribution in [3.8, 4) is 11.5 Å². The van der Waals surface area contributed by atoms with Gasteiger partial charge in [-0.15, -0.1) is 0 Å². The Labute approximate surface area is 148 Å². The van der Waals surface area contributed by atoms with Gasteiger partial charge in [-0.1, -0.05) is 30.3 Å². The van der Waals surface area contributed by atoms with Crippen molar-refractivity contribution in [2.45, 2.75) is 38.8 Å². The van der Waals surface area contributed by atoms with E-state index in [2.05, 4.69) is 47.4 Å². The molecule has 4 rings (SSSR count). The molecule has 0 aliphatic carbocycles. The van der Waals surface area contributed by atoms with Crippen LogP contribution in [0.5, 0.6) is 0 Å². The van der Waals surface area contributed by atoms with Crippen LogP contribution in [-0.2, 0) is 6.54 Å². The molecule has 2 N–H and O–H groups in total. The third-order valence-corrected chi connectivity index (χ3v) is 5.13. The van der Waals surface area contributed by atoms with E-state index >= 15 is 0 Å². The van der Waals surface area contributed by atoms with Gasteiger partial charge in [-0.3, -0.25) is 4.90 Å². The van der Waals surface area contributed by atoms with Gasteiger partial charge in [0.1, 0.15) is 5.76 Å². The highest BCUT2D eigenvalue weighted by Gasteiger charge is 2.18. The van der Waals surface area contributed by atoms with Gasteiger partial charge in [0.15, 0.2) is 0 Å². The normalized spacial score (nSPS) is 19.2. The third kappa shape index (κ3) is 3.60. The van der Waals surface area contributed by atoms with Crippen molar-refractivity contribution in [2.75, 3.05) is 13.1 Å². The Morgan fingerprint density at radius 1 is 1.12 bits per heavy atom. The Morgan fingerprint density at radius 2 is 1.96 bits per heavy atom. The van der Waals surface area contributed by atoms with Crippen molar-refractivity contribution >= 4 is 10.8 Å². The number of fused-ring (bicyclic) bond motifs is 1. The highest BCUT2D eigenvalue weighted by atomic mass is 16.4. The largest absolute Gasteiger partial charge is 0.441 e. The minimum Gasteiger partial charge on any atom is -0.441 e. The van der Waals surface area contributed by atoms with Crippen LogP contribution in [0.3, 0.4) is 0 Å². The second-order valence-electron chi connectivity index (χ2n) is 7.05. The molecular weight excluding hydrogens is 310 g/mol. The Hall–Kier alpha value is -2.17. The van der Waals surface area contributed by atoms with E-state index in [1.165, 1.54) is 10.8 Å². The second-order valence-corrected chi connectivity index (χ2v) is 7.05. The fourth-order valence-corrected chi connectivity index (χ4v) is 3.57. The average molecular weight is 335 g/mol. The van der Waals surface area contributed by atoms with Gasteiger partial charge in [0, 0.05) is 24.7 Å². The Kier molecular flexibility index (Phi) is 4.55. The van der Waals surface area contributed by atoms with Crippen LogP contribution >= 0.6 is 0 Å². The predicted octanol–water partition coefficient (Wildman–Crippen LogP) is 4.12. The number of aryl methyl sites for hydroxylation is 1. The van der Waals surface area contributed by atoms with E-state index in [1.807, 2.05) is 6.92 Å². The zero-order chi connectivity index (χ0) is 17.2. The van der Waals surface area contributed by atoms with Gasteiger partial charge in [-0.05, 0) is 55.6 Å². The smallest absolute Gasteiger partial charge is 0.226 e. The van der Waals surface area contributed by atoms with E-state index < -0.39 is 0 Å². The molecule has 2 aromatic carbocycles. The predicted molar refractivity (Wildman–Crippen MR) is 101 cm³/mol. The van der Waals surface area contributed by atoms with Crippen LogP contribution in [0.25, 0.3) is 22.2 Å². The van der Waals surface area contributed by atoms with Crippen molar-refractivity contribution in [3.63, 3.8) is 0 Å². The average Bonchev–Trinajstić information content (AvgIpc) is 2.86. The number of benzene rings is 2. The number of rotatable bonds is 3. The summed E-state index contributed by atoms with van der Waals surface area (Å²) in [7, 11) is 0. The number of nitrogens with two attached hydrogens (primary N) is 1. The lowest BCUT2D eigenvalue weighted by Gasteiger charge is -2.18. The summed E-state index contributed by atoms with van der Waals surface area (Å²) < 4.78 is 5.98. The molecule has 1 saturated heterocycles. The summed E-state index contributed by atoms with van der Waals surface area (Å²) in [5.41, 5.74) is 8.16. The first-order valence-corrected chi connectivity index (χ1v) is 9.12. The Bertz CT molecular complexity index is 870. The van der Waals surface area contributed by atoms with Crippen LogP contribution in [0.2, 0.25) is 0 Å². The minimum absolute atomic E-state index is 0.344. The second kappa shape index (κ2) is 6.98. The molecule has 0 bridgehead atoms. The molecule has 1 atom stereocenters. The van der Waals surface area contributed by atoms with Crippen LogP contribution < -0.4 is 5.73 Å². The van der Waals surface area contributed by atoms with Crippen LogP contribution in [0.15, 0.2) is 46.9 Å². The van der Waals surface area contributed by atoms with Crippen molar-refractivity contribution in [2.24, 2.45) is 5.73 Å². The molecule has 3 aromatic rings. The maximum atomic E-state index is 6.08. The fraction of sp³-hybridized carbons (Fsp3) is 0.381. The minimum atomic E-state index is 0.344. The number of hydrogen-bond acceptors (Lipinski definition) is 4. The molecule has 1 unspecified atom stereocenters. The zero-order valence-electron chi connectivity index (χ0n) is 14.7. The first kappa shape index (κ1) is 16.3. The summed E-state index contributed by atoms with van der Waals surface area (Å²) in [6.45, 7) is 4.98. The quantitative estimate of drug-likeness (QED) is 0.782. The number of oxazole rings is 1. The highest BCUT2D eigenvalue weighted by Crippen LogP contribution is 2.26. The summed E-state index contributed by atoms with van der Waals surface area (Å²) in [4.78, 5) is 7.24. The SMILES string of the molecule is Cc1oc(-c2ccc3ccccc3c2)nc1CN1CCCC(N)CC1. The maximum Gasteiger partial charge on any atom is 0.226 e. The monoisotopic (exact) mass is 335 g/mol. The number of likely N-dealkylation sites (tertiary alicyclic amines) is 1. The summed E-state index contributed by atoms with van der Waals surface area (Å²) in [6, 6.07) is 15.1. The lowest BCUT2D eigenvalue weighted by atomic mass is 10.1. The molecule has 1 aliphatic rings. The van der Waals surface area contributed by atoms with Gasteiger partial charge in [0.05, 0.1) is 5.69 Å². The molecule has 0 spiro atoms. The lowest BCUT2D eigenvalue weighted by molar-refractivity contribution is 0.271. The van der Waals surface area contributed by atoms with Gasteiger partial charge >= 0.3 is 0 Å². The molecule has 0 amide bonds. The number of hydrogen-bond donors (Lipinski definition) is 1. The van der Waals surface area contributed by atoms with Crippen LogP contribution in [0, 0.1) is 6.92 Å². The van der Waals surface area contributed by atoms with E-state index in [-0.39, 0.29) is 0 Å². The molecule has 4 heteroatoms. The standard InChI is InChI=1S/C21H25N3O/c1-15-20(14-24-11-4-7-19(22)10-12-24)23-21(25-15)18-9-8-16-5-2-3-6-17(16)13-18/h2-3,5-6,8-9,13,19H,4,7,10-12,14,22H2,1H3. The summed E-state index contributed by atoms with van der Waals surface area (Å²) >= 11 is 0. The Balaban J connectivity index is 1.56. The molecule has 2 heterocycles. The van der Waals surface area contributed by atoms with E-state index in [0.29, 0.717) is 11.9 Å². The van der Waals surface area contributed by atoms with Crippen LogP contribution in [0.1, 0.15) is 30.7 Å². The highest BCUT2D eigenvalue weighted by molar-refractivity contribution is 5.86. The van der Waals surface area contributed by atoms with Crippen LogP contribution in [-0.4, -0.2) is 29.0 Å². The maximum absolute atomic E-state index is 6.08. The topological polar surface area (TPSA) is 55.3 Å². The lowest BCUT2D eigenvalue weighted by Crippen LogP contribution is -2.26. The fourth-order valence-electron chi connectivity index (χ4n) is 3.57. The zero-order valence-corrected chi connectivity index (χ0v) is 14.7. The van der Waals surface area contributed by atoms with E-state index in [1.54, 1.807) is 0 Å². The van der Waals surface area contributed by atoms with Gasteiger partial charge in [0.25, 0.3) is 0 Å². The first-order chi connectivity index (χ1) is 12.2. The third-order valence-electron chi connectivity index (χ3n) is 5.13. The van der Waals surface area contributed by atoms with Gasteiger partial charge < -0.3 is 10.2 Å². The van der Waals surface area contributed by atoms with Gasteiger partial charge in [-0.25, -0.2) is 4.98 Å². The van der Waals surface area contributed by atoms with Crippen molar-refractivity contribution in [1.29, 1.82) is 0 Å². The number of aromatic nitrogens is 1. The molecule has 130 valence electrons. The van der Waals surface area contributed by atoms with Crippen molar-refractivity contribution < 1.29 is 4.42 Å². The van der Waals surface area contributed by atoms with E-state index in [0.717, 1.165) is 55.9 Å². The van der Waals surface area contributed by atoms with Crippen molar-refractivity contribution in [1.82, 2.24) is 9.88 Å². The molecule has 1 aromatic heterocycles. The molecule has 25 heavy (non-hydrogen) atoms. The summed E-state index contributed by atoms with van der Waals surface area (Å²) in [6.07, 6.45) is 3.35. The van der Waals surface area contributed by atoms with Gasteiger partial charge in [0.2, 0.25) is 5.89 Å². The molecule has 1 aliphatic heterocycles. The van der Waals surface area contributed by atoms with Crippen molar-refractivity contribution in [3.05, 3.63) is 53.9 Å². The first-order valence-electron chi connectivity index (χ1n) is 9.12. The molecule has 1 fully saturated rings.